The molecule has 3 N–H and O–H groups in total. The fourth-order valence-corrected chi connectivity index (χ4v) is 1.87. The van der Waals surface area contributed by atoms with Gasteiger partial charge in [0.25, 0.3) is 11.2 Å². The summed E-state index contributed by atoms with van der Waals surface area (Å²) in [5.74, 6) is 0. The fourth-order valence-electron chi connectivity index (χ4n) is 1.87. The van der Waals surface area contributed by atoms with Crippen molar-refractivity contribution in [2.75, 3.05) is 11.9 Å². The molecular formula is C12H14N4O4. The van der Waals surface area contributed by atoms with Crippen molar-refractivity contribution >= 4 is 22.3 Å². The Kier molecular flexibility index (Phi) is 3.94. The van der Waals surface area contributed by atoms with Gasteiger partial charge in [0.15, 0.2) is 0 Å². The molecule has 0 bridgehead atoms. The molecule has 106 valence electrons. The summed E-state index contributed by atoms with van der Waals surface area (Å²) in [5.41, 5.74) is -0.0575. The molecular weight excluding hydrogens is 264 g/mol. The lowest BCUT2D eigenvalue weighted by Gasteiger charge is -2.15. The number of nitro groups is 1. The van der Waals surface area contributed by atoms with Crippen LogP contribution >= 0.6 is 0 Å². The number of aliphatic hydroxyl groups excluding tert-OH is 1. The monoisotopic (exact) mass is 278 g/mol. The maximum Gasteiger partial charge on any atom is 0.293 e. The smallest absolute Gasteiger partial charge is 0.293 e. The number of nitrogens with one attached hydrogen (secondary N) is 2. The number of fused-ring (bicyclic) bond motifs is 1. The Hall–Kier alpha value is -2.48. The highest BCUT2D eigenvalue weighted by Crippen LogP contribution is 2.28. The predicted molar refractivity (Wildman–Crippen MR) is 73.8 cm³/mol. The zero-order valence-electron chi connectivity index (χ0n) is 10.8. The van der Waals surface area contributed by atoms with Gasteiger partial charge >= 0.3 is 0 Å². The van der Waals surface area contributed by atoms with E-state index in [2.05, 4.69) is 15.3 Å². The summed E-state index contributed by atoms with van der Waals surface area (Å²) in [7, 11) is 0. The summed E-state index contributed by atoms with van der Waals surface area (Å²) < 4.78 is 0. The molecule has 20 heavy (non-hydrogen) atoms. The van der Waals surface area contributed by atoms with E-state index in [0.29, 0.717) is 11.9 Å². The van der Waals surface area contributed by atoms with Crippen molar-refractivity contribution in [3.05, 3.63) is 38.9 Å². The third-order valence-corrected chi connectivity index (χ3v) is 3.03. The molecule has 8 heteroatoms. The number of aromatic amines is 1. The van der Waals surface area contributed by atoms with Crippen LogP contribution in [0, 0.1) is 10.1 Å². The van der Waals surface area contributed by atoms with Crippen LogP contribution < -0.4 is 10.9 Å². The van der Waals surface area contributed by atoms with Crippen LogP contribution in [0.2, 0.25) is 0 Å². The second-order valence-corrected chi connectivity index (χ2v) is 4.31. The number of hydrogen-bond donors (Lipinski definition) is 3. The van der Waals surface area contributed by atoms with Crippen LogP contribution in [0.3, 0.4) is 0 Å². The normalized spacial score (nSPS) is 12.3. The molecule has 0 aliphatic rings. The average molecular weight is 278 g/mol. The van der Waals surface area contributed by atoms with Crippen LogP contribution in [-0.4, -0.2) is 32.6 Å². The third kappa shape index (κ3) is 2.59. The number of aromatic nitrogens is 2. The molecule has 1 atom stereocenters. The molecule has 0 saturated carbocycles. The molecule has 0 unspecified atom stereocenters. The molecule has 1 aromatic heterocycles. The highest BCUT2D eigenvalue weighted by atomic mass is 16.6. The van der Waals surface area contributed by atoms with Gasteiger partial charge in [-0.1, -0.05) is 6.92 Å². The van der Waals surface area contributed by atoms with E-state index in [1.165, 1.54) is 18.5 Å². The van der Waals surface area contributed by atoms with Gasteiger partial charge in [-0.25, -0.2) is 4.98 Å². The van der Waals surface area contributed by atoms with Gasteiger partial charge in [-0.3, -0.25) is 14.9 Å². The van der Waals surface area contributed by atoms with Gasteiger partial charge in [-0.15, -0.1) is 0 Å². The molecule has 0 fully saturated rings. The van der Waals surface area contributed by atoms with Gasteiger partial charge < -0.3 is 15.4 Å². The molecule has 1 aromatic carbocycles. The first-order valence-electron chi connectivity index (χ1n) is 6.10. The summed E-state index contributed by atoms with van der Waals surface area (Å²) in [4.78, 5) is 28.5. The first-order chi connectivity index (χ1) is 9.56. The lowest BCUT2D eigenvalue weighted by atomic mass is 10.1. The molecule has 0 spiro atoms. The largest absolute Gasteiger partial charge is 0.394 e. The maximum absolute atomic E-state index is 11.6. The van der Waals surface area contributed by atoms with E-state index < -0.39 is 10.5 Å². The van der Waals surface area contributed by atoms with E-state index in [-0.39, 0.29) is 29.4 Å². The van der Waals surface area contributed by atoms with Gasteiger partial charge in [0.1, 0.15) is 5.69 Å². The number of aliphatic hydroxyl groups is 1. The molecule has 0 radical (unpaired) electrons. The van der Waals surface area contributed by atoms with Gasteiger partial charge in [-0.2, -0.15) is 0 Å². The zero-order valence-corrected chi connectivity index (χ0v) is 10.8. The topological polar surface area (TPSA) is 121 Å². The fraction of sp³-hybridized carbons (Fsp3) is 0.333. The first kappa shape index (κ1) is 13.9. The van der Waals surface area contributed by atoms with E-state index in [4.69, 9.17) is 0 Å². The molecule has 2 aromatic rings. The highest BCUT2D eigenvalue weighted by Gasteiger charge is 2.19. The minimum Gasteiger partial charge on any atom is -0.394 e. The van der Waals surface area contributed by atoms with Gasteiger partial charge in [0, 0.05) is 12.1 Å². The second-order valence-electron chi connectivity index (χ2n) is 4.31. The van der Waals surface area contributed by atoms with E-state index >= 15 is 0 Å². The Morgan fingerprint density at radius 3 is 2.90 bits per heavy atom. The van der Waals surface area contributed by atoms with Crippen LogP contribution in [0.1, 0.15) is 13.3 Å². The summed E-state index contributed by atoms with van der Waals surface area (Å²) >= 11 is 0. The van der Waals surface area contributed by atoms with Crippen LogP contribution in [-0.2, 0) is 0 Å². The van der Waals surface area contributed by atoms with Crippen LogP contribution in [0.15, 0.2) is 23.3 Å². The van der Waals surface area contributed by atoms with Gasteiger partial charge in [0.2, 0.25) is 0 Å². The minimum absolute atomic E-state index is 0.144. The number of benzene rings is 1. The lowest BCUT2D eigenvalue weighted by molar-refractivity contribution is -0.383. The van der Waals surface area contributed by atoms with Crippen LogP contribution in [0.4, 0.5) is 11.4 Å². The van der Waals surface area contributed by atoms with Gasteiger partial charge in [0.05, 0.1) is 28.8 Å². The van der Waals surface area contributed by atoms with Crippen molar-refractivity contribution in [2.45, 2.75) is 19.4 Å². The van der Waals surface area contributed by atoms with E-state index in [0.717, 1.165) is 0 Å². The quantitative estimate of drug-likeness (QED) is 0.554. The van der Waals surface area contributed by atoms with Gasteiger partial charge in [-0.05, 0) is 12.5 Å². The Labute approximate surface area is 113 Å². The summed E-state index contributed by atoms with van der Waals surface area (Å²) in [6, 6.07) is 2.34. The summed E-state index contributed by atoms with van der Waals surface area (Å²) in [6.07, 6.45) is 1.85. The third-order valence-electron chi connectivity index (χ3n) is 3.03. The molecule has 1 heterocycles. The highest BCUT2D eigenvalue weighted by molar-refractivity contribution is 5.86. The minimum atomic E-state index is -0.571. The van der Waals surface area contributed by atoms with Crippen molar-refractivity contribution in [3.63, 3.8) is 0 Å². The number of rotatable bonds is 5. The average Bonchev–Trinajstić information content (AvgIpc) is 2.44. The lowest BCUT2D eigenvalue weighted by Crippen LogP contribution is -2.23. The zero-order chi connectivity index (χ0) is 14.7. The van der Waals surface area contributed by atoms with E-state index in [1.54, 1.807) is 0 Å². The number of anilines is 1. The van der Waals surface area contributed by atoms with Crippen molar-refractivity contribution < 1.29 is 10.0 Å². The van der Waals surface area contributed by atoms with E-state index in [9.17, 15) is 20.0 Å². The summed E-state index contributed by atoms with van der Waals surface area (Å²) in [6.45, 7) is 1.71. The summed E-state index contributed by atoms with van der Waals surface area (Å²) in [5, 5.41) is 23.3. The van der Waals surface area contributed by atoms with E-state index in [1.807, 2.05) is 6.92 Å². The molecule has 0 amide bonds. The van der Waals surface area contributed by atoms with Crippen molar-refractivity contribution in [1.82, 2.24) is 9.97 Å². The Balaban J connectivity index is 2.60. The van der Waals surface area contributed by atoms with Crippen LogP contribution in [0.5, 0.6) is 0 Å². The second kappa shape index (κ2) is 5.66. The maximum atomic E-state index is 11.6. The Morgan fingerprint density at radius 2 is 2.30 bits per heavy atom. The number of nitro benzene ring substituents is 1. The number of H-pyrrole nitrogens is 1. The molecule has 0 aliphatic heterocycles. The molecule has 0 aliphatic carbocycles. The molecule has 2 rings (SSSR count). The predicted octanol–water partition coefficient (Wildman–Crippen LogP) is 1.01. The Morgan fingerprint density at radius 1 is 1.55 bits per heavy atom. The SMILES string of the molecule is CC[C@@H](CO)Nc1cc2nc[nH]c(=O)c2cc1[N+](=O)[O-]. The van der Waals surface area contributed by atoms with Crippen molar-refractivity contribution in [2.24, 2.45) is 0 Å². The first-order valence-corrected chi connectivity index (χ1v) is 6.10. The number of nitrogens with zero attached hydrogens (tertiary/aromatic N) is 2. The standard InChI is InChI=1S/C12H14N4O4/c1-2-7(5-17)15-10-4-9-8(3-11(10)16(19)20)12(18)14-6-13-9/h3-4,6-7,15,17H,2,5H2,1H3,(H,13,14,18)/t7-/m0/s1. The molecule has 0 saturated heterocycles. The van der Waals surface area contributed by atoms with Crippen molar-refractivity contribution in [1.29, 1.82) is 0 Å². The van der Waals surface area contributed by atoms with Crippen molar-refractivity contribution in [3.8, 4) is 0 Å². The molecule has 8 nitrogen and oxygen atoms in total. The van der Waals surface area contributed by atoms with Crippen LogP contribution in [0.25, 0.3) is 10.9 Å². The Bertz CT molecular complexity index is 693. The number of hydrogen-bond acceptors (Lipinski definition) is 6.